The van der Waals surface area contributed by atoms with Gasteiger partial charge in [0.15, 0.2) is 0 Å². The highest BCUT2D eigenvalue weighted by Gasteiger charge is 2.29. The minimum atomic E-state index is -0.726. The fourth-order valence-corrected chi connectivity index (χ4v) is 6.11. The van der Waals surface area contributed by atoms with E-state index in [9.17, 15) is 28.5 Å². The highest BCUT2D eigenvalue weighted by atomic mass is 19.1. The quantitative estimate of drug-likeness (QED) is 0.0824. The van der Waals surface area contributed by atoms with Gasteiger partial charge >= 0.3 is 6.03 Å². The zero-order chi connectivity index (χ0) is 43.3. The molecule has 2 atom stereocenters. The Morgan fingerprint density at radius 1 is 0.790 bits per heavy atom. The highest BCUT2D eigenvalue weighted by molar-refractivity contribution is 6.00. The molecule has 7 aromatic rings. The maximum atomic E-state index is 14.7. The number of carbonyl (C=O) groups is 1. The van der Waals surface area contributed by atoms with Gasteiger partial charge in [0.1, 0.15) is 71.1 Å². The number of halogens is 3. The van der Waals surface area contributed by atoms with Gasteiger partial charge < -0.3 is 44.8 Å². The van der Waals surface area contributed by atoms with E-state index in [2.05, 4.69) is 32.7 Å². The lowest BCUT2D eigenvalue weighted by Crippen LogP contribution is -2.20. The number of ether oxygens (including phenoxy) is 6. The fourth-order valence-electron chi connectivity index (χ4n) is 6.11. The summed E-state index contributed by atoms with van der Waals surface area (Å²) in [6, 6.07) is 26.8. The molecular weight excluding hydrogens is 808 g/mol. The van der Waals surface area contributed by atoms with Crippen molar-refractivity contribution in [3.8, 4) is 46.8 Å². The molecule has 0 saturated carbocycles. The molecule has 2 aromatic heterocycles. The van der Waals surface area contributed by atoms with Crippen molar-refractivity contribution in [2.45, 2.75) is 12.2 Å². The predicted molar refractivity (Wildman–Crippen MR) is 220 cm³/mol. The van der Waals surface area contributed by atoms with Gasteiger partial charge in [0, 0.05) is 52.5 Å². The first-order valence-corrected chi connectivity index (χ1v) is 18.7. The minimum absolute atomic E-state index is 0.0374. The van der Waals surface area contributed by atoms with Gasteiger partial charge in [-0.05, 0) is 72.8 Å². The van der Waals surface area contributed by atoms with Gasteiger partial charge in [-0.25, -0.2) is 22.9 Å². The molecule has 2 fully saturated rings. The van der Waals surface area contributed by atoms with Gasteiger partial charge in [-0.2, -0.15) is 10.5 Å². The average Bonchev–Trinajstić information content (AvgIpc) is 4.22. The third-order valence-corrected chi connectivity index (χ3v) is 9.40. The van der Waals surface area contributed by atoms with Crippen LogP contribution in [0.25, 0.3) is 21.8 Å². The lowest BCUT2D eigenvalue weighted by atomic mass is 10.0. The fraction of sp³-hybridized carbons (Fsp3) is 0.133. The molecule has 0 radical (unpaired) electrons. The van der Waals surface area contributed by atoms with E-state index in [4.69, 9.17) is 34.2 Å². The Balaban J connectivity index is 0.000000180. The number of epoxide rings is 2. The van der Waals surface area contributed by atoms with Crippen LogP contribution in [0.15, 0.2) is 103 Å². The summed E-state index contributed by atoms with van der Waals surface area (Å²) >= 11 is 0. The summed E-state index contributed by atoms with van der Waals surface area (Å²) in [7, 11) is 1.50. The normalized spacial score (nSPS) is 14.7. The molecule has 0 unspecified atom stereocenters. The number of hydrogen-bond donors (Lipinski definition) is 3. The Kier molecular flexibility index (Phi) is 11.6. The predicted octanol–water partition coefficient (Wildman–Crippen LogP) is 9.30. The van der Waals surface area contributed by atoms with Crippen LogP contribution in [0.1, 0.15) is 22.8 Å². The van der Waals surface area contributed by atoms with Gasteiger partial charge in [0.05, 0.1) is 59.9 Å². The molecule has 4 heterocycles. The number of aromatic nitrogens is 2. The summed E-state index contributed by atoms with van der Waals surface area (Å²) in [5, 5.41) is 25.0. The van der Waals surface area contributed by atoms with E-state index in [-0.39, 0.29) is 35.1 Å². The molecule has 9 rings (SSSR count). The summed E-state index contributed by atoms with van der Waals surface area (Å²) in [4.78, 5) is 20.9. The second kappa shape index (κ2) is 17.6. The van der Waals surface area contributed by atoms with Gasteiger partial charge in [0.25, 0.3) is 0 Å². The molecule has 310 valence electrons. The summed E-state index contributed by atoms with van der Waals surface area (Å²) in [5.41, 5.74) is 8.52. The lowest BCUT2D eigenvalue weighted by Gasteiger charge is -2.13. The first-order valence-electron chi connectivity index (χ1n) is 18.7. The maximum absolute atomic E-state index is 14.7. The Bertz CT molecular complexity index is 2930. The zero-order valence-electron chi connectivity index (χ0n) is 32.4. The number of amides is 2. The molecule has 2 amide bonds. The smallest absolute Gasteiger partial charge is 0.323 e. The number of nitrogens with two attached hydrogens (primary N) is 1. The molecule has 5 aromatic carbocycles. The van der Waals surface area contributed by atoms with E-state index in [1.165, 1.54) is 61.8 Å². The van der Waals surface area contributed by atoms with Crippen LogP contribution < -0.4 is 35.3 Å². The van der Waals surface area contributed by atoms with Gasteiger partial charge in [0.2, 0.25) is 5.88 Å². The molecule has 4 N–H and O–H groups in total. The van der Waals surface area contributed by atoms with Crippen molar-refractivity contribution in [1.82, 2.24) is 9.97 Å². The van der Waals surface area contributed by atoms with Gasteiger partial charge in [-0.3, -0.25) is 4.98 Å². The number of nitrogens with one attached hydrogen (secondary N) is 2. The number of nitrogen functional groups attached to an aromatic ring is 1. The molecule has 62 heavy (non-hydrogen) atoms. The second-order valence-corrected chi connectivity index (χ2v) is 13.7. The number of pyridine rings is 2. The maximum Gasteiger partial charge on any atom is 0.323 e. The van der Waals surface area contributed by atoms with Crippen molar-refractivity contribution in [2.75, 3.05) is 43.3 Å². The Morgan fingerprint density at radius 3 is 2.16 bits per heavy atom. The number of anilines is 3. The zero-order valence-corrected chi connectivity index (χ0v) is 32.4. The topological polar surface area (TPSA) is 202 Å². The number of hydrogen-bond acceptors (Lipinski definition) is 12. The van der Waals surface area contributed by atoms with Crippen LogP contribution in [0.3, 0.4) is 0 Å². The standard InChI is InChI=1S/C26H18F2N4O4.C19H14FN3O3/c27-16-1-3-17(4-2-16)31-26(33)32-22-6-5-18(10-21(22)28)36-24-7-8-30-23-11-25(35-14-19-13-34-19)15(12-29)9-20(23)24;1-24-19-7-17(26-11-2-3-15(22)14(20)5-11)13-4-10(8-21)12(18-9-25-18)6-16(13)23-19/h1-11,19H,13-14H2,(H2,31,32,33);2-7,18H,9,22H2,1H3/t19-;18-/m10/s1. The van der Waals surface area contributed by atoms with Crippen LogP contribution in [-0.2, 0) is 9.47 Å². The van der Waals surface area contributed by atoms with E-state index >= 15 is 0 Å². The summed E-state index contributed by atoms with van der Waals surface area (Å²) in [5.74, 6) is 0.216. The van der Waals surface area contributed by atoms with Crippen molar-refractivity contribution in [1.29, 1.82) is 10.5 Å². The third-order valence-electron chi connectivity index (χ3n) is 9.40. The van der Waals surface area contributed by atoms with Crippen molar-refractivity contribution < 1.29 is 46.4 Å². The Hall–Kier alpha value is -8.12. The minimum Gasteiger partial charge on any atom is -0.489 e. The van der Waals surface area contributed by atoms with E-state index in [1.54, 1.807) is 42.5 Å². The number of nitrogens with zero attached hydrogens (tertiary/aromatic N) is 4. The van der Waals surface area contributed by atoms with Crippen LogP contribution in [-0.4, -0.2) is 49.0 Å². The number of nitriles is 2. The van der Waals surface area contributed by atoms with Crippen LogP contribution in [0.2, 0.25) is 0 Å². The number of carbonyl (C=O) groups excluding carboxylic acids is 1. The van der Waals surface area contributed by atoms with E-state index in [0.29, 0.717) is 81.6 Å². The summed E-state index contributed by atoms with van der Waals surface area (Å²) in [6.45, 7) is 1.56. The summed E-state index contributed by atoms with van der Waals surface area (Å²) < 4.78 is 74.5. The largest absolute Gasteiger partial charge is 0.489 e. The monoisotopic (exact) mass is 839 g/mol. The van der Waals surface area contributed by atoms with Crippen molar-refractivity contribution >= 4 is 44.9 Å². The molecule has 0 aliphatic carbocycles. The van der Waals surface area contributed by atoms with Crippen LogP contribution >= 0.6 is 0 Å². The van der Waals surface area contributed by atoms with E-state index < -0.39 is 23.5 Å². The Labute approximate surface area is 350 Å². The van der Waals surface area contributed by atoms with Crippen LogP contribution in [0, 0.1) is 40.1 Å². The number of benzene rings is 5. The lowest BCUT2D eigenvalue weighted by molar-refractivity contribution is 0.262. The number of methoxy groups -OCH3 is 1. The average molecular weight is 840 g/mol. The second-order valence-electron chi connectivity index (χ2n) is 13.7. The molecule has 14 nitrogen and oxygen atoms in total. The van der Waals surface area contributed by atoms with Gasteiger partial charge in [-0.15, -0.1) is 0 Å². The Morgan fingerprint density at radius 2 is 1.48 bits per heavy atom. The molecule has 2 saturated heterocycles. The van der Waals surface area contributed by atoms with Gasteiger partial charge in [-0.1, -0.05) is 0 Å². The third kappa shape index (κ3) is 9.50. The van der Waals surface area contributed by atoms with Crippen molar-refractivity contribution in [3.05, 3.63) is 137 Å². The van der Waals surface area contributed by atoms with E-state index in [0.717, 1.165) is 11.6 Å². The van der Waals surface area contributed by atoms with Crippen LogP contribution in [0.4, 0.5) is 35.0 Å². The van der Waals surface area contributed by atoms with Crippen LogP contribution in [0.5, 0.6) is 34.6 Å². The SMILES string of the molecule is COc1cc(Oc2ccc(N)c(F)c2)c2cc(C#N)c([C@@H]3CO3)cc2n1.N#Cc1cc2c(Oc3ccc(NC(=O)Nc4ccc(F)cc4)c(F)c3)ccnc2cc1OC[C@H]1CO1. The molecule has 0 bridgehead atoms. The highest BCUT2D eigenvalue weighted by Crippen LogP contribution is 2.39. The first kappa shape index (κ1) is 40.7. The summed E-state index contributed by atoms with van der Waals surface area (Å²) in [6.07, 6.45) is 1.48. The number of urea groups is 1. The molecule has 17 heteroatoms. The number of rotatable bonds is 11. The van der Waals surface area contributed by atoms with Crippen molar-refractivity contribution in [2.24, 2.45) is 0 Å². The molecule has 2 aliphatic rings. The van der Waals surface area contributed by atoms with Crippen molar-refractivity contribution in [3.63, 3.8) is 0 Å². The van der Waals surface area contributed by atoms with E-state index in [1.807, 2.05) is 0 Å². The molecule has 0 spiro atoms. The molecular formula is C45H32F3N7O7. The number of fused-ring (bicyclic) bond motifs is 2. The molecule has 2 aliphatic heterocycles. The first-order chi connectivity index (χ1) is 30.1.